The smallest absolute Gasteiger partial charge is 0.253 e. The highest BCUT2D eigenvalue weighted by Crippen LogP contribution is 2.23. The van der Waals surface area contributed by atoms with E-state index in [2.05, 4.69) is 4.98 Å². The molecule has 1 amide bonds. The van der Waals surface area contributed by atoms with Crippen molar-refractivity contribution in [2.24, 2.45) is 7.05 Å². The highest BCUT2D eigenvalue weighted by molar-refractivity contribution is 7.89. The van der Waals surface area contributed by atoms with Gasteiger partial charge in [-0.05, 0) is 43.7 Å². The van der Waals surface area contributed by atoms with Gasteiger partial charge in [0.15, 0.2) is 0 Å². The Kier molecular flexibility index (Phi) is 5.51. The van der Waals surface area contributed by atoms with Crippen molar-refractivity contribution < 1.29 is 13.2 Å². The highest BCUT2D eigenvalue weighted by atomic mass is 32.2. The number of hydrogen-bond donors (Lipinski definition) is 0. The first-order valence-electron chi connectivity index (χ1n) is 9.23. The molecule has 7 nitrogen and oxygen atoms in total. The number of aryl methyl sites for hydroxylation is 3. The molecule has 0 aliphatic rings. The van der Waals surface area contributed by atoms with E-state index in [1.807, 2.05) is 30.7 Å². The summed E-state index contributed by atoms with van der Waals surface area (Å²) in [5.41, 5.74) is 3.78. The average molecular weight is 415 g/mol. The van der Waals surface area contributed by atoms with E-state index in [1.54, 1.807) is 52.3 Å². The lowest BCUT2D eigenvalue weighted by Gasteiger charge is -2.18. The molecule has 3 rings (SSSR count). The number of rotatable bonds is 5. The summed E-state index contributed by atoms with van der Waals surface area (Å²) in [7, 11) is 3.14. The summed E-state index contributed by atoms with van der Waals surface area (Å²) in [6.45, 7) is 3.85. The quantitative estimate of drug-likeness (QED) is 0.643. The third kappa shape index (κ3) is 3.90. The van der Waals surface area contributed by atoms with Crippen LogP contribution in [-0.2, 0) is 23.6 Å². The number of fused-ring (bicyclic) bond motifs is 1. The predicted octanol–water partition coefficient (Wildman–Crippen LogP) is 2.71. The van der Waals surface area contributed by atoms with Gasteiger partial charge < -0.3 is 9.47 Å². The molecule has 0 unspecified atom stereocenters. The molecule has 0 spiro atoms. The summed E-state index contributed by atoms with van der Waals surface area (Å²) in [6, 6.07) is 10.6. The van der Waals surface area contributed by atoms with E-state index < -0.39 is 10.0 Å². The molecule has 154 valence electrons. The summed E-state index contributed by atoms with van der Waals surface area (Å²) >= 11 is 0. The lowest BCUT2D eigenvalue weighted by Crippen LogP contribution is -2.28. The number of benzene rings is 2. The van der Waals surface area contributed by atoms with Crippen molar-refractivity contribution in [1.82, 2.24) is 18.8 Å². The first-order chi connectivity index (χ1) is 13.5. The number of imidazole rings is 1. The van der Waals surface area contributed by atoms with E-state index in [1.165, 1.54) is 9.21 Å². The minimum absolute atomic E-state index is 0.103. The van der Waals surface area contributed by atoms with Crippen LogP contribution in [0.2, 0.25) is 0 Å². The molecule has 29 heavy (non-hydrogen) atoms. The van der Waals surface area contributed by atoms with Crippen LogP contribution in [0.4, 0.5) is 0 Å². The molecule has 0 bridgehead atoms. The van der Waals surface area contributed by atoms with Gasteiger partial charge in [-0.25, -0.2) is 13.4 Å². The first-order valence-corrected chi connectivity index (χ1v) is 10.7. The summed E-state index contributed by atoms with van der Waals surface area (Å²) in [4.78, 5) is 18.6. The molecule has 1 aromatic heterocycles. The Hall–Kier alpha value is -2.71. The predicted molar refractivity (Wildman–Crippen MR) is 113 cm³/mol. The SMILES string of the molecule is Cc1ccc(S(=O)(=O)N(C)Cc2nc3cc(C(=O)N(C)C)ccc3n2C)c(C)c1. The maximum Gasteiger partial charge on any atom is 0.253 e. The fourth-order valence-corrected chi connectivity index (χ4v) is 4.65. The van der Waals surface area contributed by atoms with E-state index in [9.17, 15) is 13.2 Å². The standard InChI is InChI=1S/C21H26N4O3S/c1-14-7-10-19(15(2)11-14)29(27,28)24(5)13-20-22-17-12-16(21(26)23(3)4)8-9-18(17)25(20)6/h7-12H,13H2,1-6H3. The van der Waals surface area contributed by atoms with Crippen LogP contribution in [0.25, 0.3) is 11.0 Å². The summed E-state index contributed by atoms with van der Waals surface area (Å²) in [6.07, 6.45) is 0. The van der Waals surface area contributed by atoms with Crippen LogP contribution in [0.15, 0.2) is 41.3 Å². The third-order valence-electron chi connectivity index (χ3n) is 5.01. The lowest BCUT2D eigenvalue weighted by atomic mass is 10.2. The maximum atomic E-state index is 13.1. The molecule has 3 aromatic rings. The van der Waals surface area contributed by atoms with Gasteiger partial charge in [-0.1, -0.05) is 17.7 Å². The largest absolute Gasteiger partial charge is 0.345 e. The Labute approximate surface area is 171 Å². The number of carbonyl (C=O) groups excluding carboxylic acids is 1. The van der Waals surface area contributed by atoms with Crippen LogP contribution in [-0.4, -0.2) is 54.2 Å². The van der Waals surface area contributed by atoms with Crippen molar-refractivity contribution in [2.45, 2.75) is 25.3 Å². The topological polar surface area (TPSA) is 75.5 Å². The maximum absolute atomic E-state index is 13.1. The van der Waals surface area contributed by atoms with Gasteiger partial charge in [-0.2, -0.15) is 4.31 Å². The lowest BCUT2D eigenvalue weighted by molar-refractivity contribution is 0.0827. The van der Waals surface area contributed by atoms with E-state index in [-0.39, 0.29) is 12.5 Å². The molecular formula is C21H26N4O3S. The fraction of sp³-hybridized carbons (Fsp3) is 0.333. The average Bonchev–Trinajstić information content (AvgIpc) is 2.95. The van der Waals surface area contributed by atoms with E-state index in [0.29, 0.717) is 27.4 Å². The van der Waals surface area contributed by atoms with Crippen LogP contribution in [0.3, 0.4) is 0 Å². The number of nitrogens with zero attached hydrogens (tertiary/aromatic N) is 4. The molecule has 0 radical (unpaired) electrons. The third-order valence-corrected chi connectivity index (χ3v) is 6.97. The number of sulfonamides is 1. The monoisotopic (exact) mass is 414 g/mol. The van der Waals surface area contributed by atoms with Crippen molar-refractivity contribution >= 4 is 27.0 Å². The second-order valence-corrected chi connectivity index (χ2v) is 9.53. The highest BCUT2D eigenvalue weighted by Gasteiger charge is 2.24. The Bertz CT molecular complexity index is 1200. The van der Waals surface area contributed by atoms with Gasteiger partial charge in [0, 0.05) is 33.8 Å². The van der Waals surface area contributed by atoms with E-state index in [4.69, 9.17) is 0 Å². The number of hydrogen-bond acceptors (Lipinski definition) is 4. The molecule has 0 N–H and O–H groups in total. The zero-order valence-electron chi connectivity index (χ0n) is 17.6. The summed E-state index contributed by atoms with van der Waals surface area (Å²) in [5.74, 6) is 0.499. The minimum atomic E-state index is -3.65. The molecule has 1 heterocycles. The van der Waals surface area contributed by atoms with Gasteiger partial charge in [0.1, 0.15) is 5.82 Å². The molecule has 0 aliphatic heterocycles. The molecule has 2 aromatic carbocycles. The van der Waals surface area contributed by atoms with Crippen molar-refractivity contribution in [3.05, 3.63) is 58.9 Å². The summed E-state index contributed by atoms with van der Waals surface area (Å²) in [5, 5.41) is 0. The Morgan fingerprint density at radius 2 is 1.76 bits per heavy atom. The van der Waals surface area contributed by atoms with Gasteiger partial charge in [0.2, 0.25) is 10.0 Å². The van der Waals surface area contributed by atoms with E-state index >= 15 is 0 Å². The van der Waals surface area contributed by atoms with Crippen molar-refractivity contribution in [1.29, 1.82) is 0 Å². The molecule has 0 atom stereocenters. The van der Waals surface area contributed by atoms with Crippen LogP contribution >= 0.6 is 0 Å². The molecule has 0 aliphatic carbocycles. The Morgan fingerprint density at radius 3 is 2.38 bits per heavy atom. The molecule has 0 fully saturated rings. The molecular weight excluding hydrogens is 388 g/mol. The van der Waals surface area contributed by atoms with Crippen LogP contribution < -0.4 is 0 Å². The van der Waals surface area contributed by atoms with Gasteiger partial charge in [0.05, 0.1) is 22.5 Å². The zero-order chi connectivity index (χ0) is 21.5. The first kappa shape index (κ1) is 21.0. The number of amides is 1. The second kappa shape index (κ2) is 7.61. The second-order valence-electron chi connectivity index (χ2n) is 7.52. The minimum Gasteiger partial charge on any atom is -0.345 e. The zero-order valence-corrected chi connectivity index (χ0v) is 18.4. The number of aromatic nitrogens is 2. The Morgan fingerprint density at radius 1 is 1.07 bits per heavy atom. The fourth-order valence-electron chi connectivity index (χ4n) is 3.32. The van der Waals surface area contributed by atoms with Crippen LogP contribution in [0, 0.1) is 13.8 Å². The van der Waals surface area contributed by atoms with Crippen molar-refractivity contribution in [3.63, 3.8) is 0 Å². The van der Waals surface area contributed by atoms with Gasteiger partial charge in [-0.15, -0.1) is 0 Å². The van der Waals surface area contributed by atoms with Gasteiger partial charge >= 0.3 is 0 Å². The number of carbonyl (C=O) groups is 1. The van der Waals surface area contributed by atoms with Gasteiger partial charge in [-0.3, -0.25) is 4.79 Å². The van der Waals surface area contributed by atoms with Crippen molar-refractivity contribution in [2.75, 3.05) is 21.1 Å². The molecule has 0 saturated carbocycles. The van der Waals surface area contributed by atoms with Crippen LogP contribution in [0.5, 0.6) is 0 Å². The van der Waals surface area contributed by atoms with E-state index in [0.717, 1.165) is 11.1 Å². The molecule has 0 saturated heterocycles. The van der Waals surface area contributed by atoms with Gasteiger partial charge in [0.25, 0.3) is 5.91 Å². The Balaban J connectivity index is 1.94. The van der Waals surface area contributed by atoms with Crippen LogP contribution in [0.1, 0.15) is 27.3 Å². The van der Waals surface area contributed by atoms with Crippen molar-refractivity contribution in [3.8, 4) is 0 Å². The summed E-state index contributed by atoms with van der Waals surface area (Å²) < 4.78 is 29.3. The normalized spacial score (nSPS) is 12.0. The molecule has 8 heteroatoms.